The normalized spacial score (nSPS) is 16.5. The van der Waals surface area contributed by atoms with Crippen LogP contribution in [0.3, 0.4) is 0 Å². The van der Waals surface area contributed by atoms with E-state index in [0.29, 0.717) is 24.6 Å². The van der Waals surface area contributed by atoms with Crippen LogP contribution in [0.4, 0.5) is 5.69 Å². The van der Waals surface area contributed by atoms with E-state index in [0.717, 1.165) is 12.8 Å². The highest BCUT2D eigenvalue weighted by atomic mass is 16.5. The van der Waals surface area contributed by atoms with Crippen molar-refractivity contribution in [2.45, 2.75) is 18.9 Å². The molecule has 0 saturated carbocycles. The van der Waals surface area contributed by atoms with Gasteiger partial charge in [-0.3, -0.25) is 10.6 Å². The third-order valence-electron chi connectivity index (χ3n) is 2.72. The van der Waals surface area contributed by atoms with E-state index >= 15 is 0 Å². The van der Waals surface area contributed by atoms with Gasteiger partial charge in [-0.15, -0.1) is 0 Å². The van der Waals surface area contributed by atoms with Crippen molar-refractivity contribution in [1.29, 1.82) is 0 Å². The lowest BCUT2D eigenvalue weighted by molar-refractivity contribution is 0.0694. The van der Waals surface area contributed by atoms with E-state index in [1.807, 2.05) is 0 Å². The first-order valence-corrected chi connectivity index (χ1v) is 5.61. The van der Waals surface area contributed by atoms with Gasteiger partial charge in [-0.1, -0.05) is 0 Å². The van der Waals surface area contributed by atoms with Crippen molar-refractivity contribution in [3.8, 4) is 0 Å². The molecule has 2 rings (SSSR count). The van der Waals surface area contributed by atoms with E-state index in [-0.39, 0.29) is 11.9 Å². The Morgan fingerprint density at radius 2 is 2.18 bits per heavy atom. The van der Waals surface area contributed by atoms with Crippen molar-refractivity contribution < 1.29 is 9.53 Å². The van der Waals surface area contributed by atoms with E-state index in [1.165, 1.54) is 6.20 Å². The number of nitrogens with one attached hydrogen (secondary N) is 2. The fraction of sp³-hybridized carbons (Fsp3) is 0.455. The van der Waals surface area contributed by atoms with Gasteiger partial charge in [-0.2, -0.15) is 0 Å². The van der Waals surface area contributed by atoms with Crippen LogP contribution in [-0.4, -0.2) is 30.1 Å². The number of ether oxygens (including phenoxy) is 1. The molecule has 0 unspecified atom stereocenters. The number of nitrogens with zero attached hydrogens (tertiary/aromatic N) is 1. The first-order chi connectivity index (χ1) is 8.29. The van der Waals surface area contributed by atoms with Gasteiger partial charge in [-0.25, -0.2) is 4.98 Å². The number of pyridine rings is 1. The minimum absolute atomic E-state index is 0.152. The van der Waals surface area contributed by atoms with Crippen molar-refractivity contribution in [1.82, 2.24) is 10.3 Å². The Hall–Kier alpha value is -1.66. The third-order valence-corrected chi connectivity index (χ3v) is 2.72. The molecular formula is C11H16N4O2. The number of carbonyl (C=O) groups excluding carboxylic acids is 1. The highest BCUT2D eigenvalue weighted by molar-refractivity contribution is 5.92. The molecule has 0 radical (unpaired) electrons. The fourth-order valence-corrected chi connectivity index (χ4v) is 1.71. The highest BCUT2D eigenvalue weighted by Gasteiger charge is 2.17. The Balaban J connectivity index is 1.93. The van der Waals surface area contributed by atoms with Crippen LogP contribution in [0.25, 0.3) is 0 Å². The minimum atomic E-state index is -0.152. The predicted molar refractivity (Wildman–Crippen MR) is 63.4 cm³/mol. The Labute approximate surface area is 99.5 Å². The lowest BCUT2D eigenvalue weighted by Gasteiger charge is -2.22. The summed E-state index contributed by atoms with van der Waals surface area (Å²) in [5.41, 5.74) is 3.54. The van der Waals surface area contributed by atoms with Crippen LogP contribution in [-0.2, 0) is 4.74 Å². The van der Waals surface area contributed by atoms with Gasteiger partial charge < -0.3 is 15.5 Å². The second-order valence-electron chi connectivity index (χ2n) is 3.94. The molecule has 1 aliphatic rings. The zero-order chi connectivity index (χ0) is 12.1. The van der Waals surface area contributed by atoms with Gasteiger partial charge in [0, 0.05) is 19.3 Å². The van der Waals surface area contributed by atoms with Gasteiger partial charge in [0.05, 0.1) is 11.9 Å². The number of hydrazine groups is 1. The summed E-state index contributed by atoms with van der Waals surface area (Å²) in [6.45, 7) is 1.41. The van der Waals surface area contributed by atoms with Crippen LogP contribution in [0.5, 0.6) is 0 Å². The van der Waals surface area contributed by atoms with Crippen LogP contribution in [0.15, 0.2) is 18.3 Å². The quantitative estimate of drug-likeness (QED) is 0.518. The van der Waals surface area contributed by atoms with Gasteiger partial charge in [-0.05, 0) is 25.0 Å². The molecule has 0 spiro atoms. The maximum absolute atomic E-state index is 11.8. The number of hydrogen-bond acceptors (Lipinski definition) is 5. The summed E-state index contributed by atoms with van der Waals surface area (Å²) in [4.78, 5) is 15.9. The maximum Gasteiger partial charge on any atom is 0.270 e. The first-order valence-electron chi connectivity index (χ1n) is 5.61. The average Bonchev–Trinajstić information content (AvgIpc) is 2.40. The Morgan fingerprint density at radius 1 is 1.41 bits per heavy atom. The highest BCUT2D eigenvalue weighted by Crippen LogP contribution is 2.08. The van der Waals surface area contributed by atoms with Crippen LogP contribution < -0.4 is 16.6 Å². The van der Waals surface area contributed by atoms with Gasteiger partial charge in [0.2, 0.25) is 0 Å². The van der Waals surface area contributed by atoms with Crippen LogP contribution >= 0.6 is 0 Å². The maximum atomic E-state index is 11.8. The van der Waals surface area contributed by atoms with Crippen LogP contribution in [0, 0.1) is 0 Å². The molecule has 17 heavy (non-hydrogen) atoms. The van der Waals surface area contributed by atoms with E-state index < -0.39 is 0 Å². The second-order valence-corrected chi connectivity index (χ2v) is 3.94. The minimum Gasteiger partial charge on any atom is -0.381 e. The van der Waals surface area contributed by atoms with Gasteiger partial charge >= 0.3 is 0 Å². The lowest BCUT2D eigenvalue weighted by atomic mass is 10.1. The molecule has 0 bridgehead atoms. The number of amides is 1. The molecule has 1 aromatic heterocycles. The van der Waals surface area contributed by atoms with Crippen molar-refractivity contribution in [2.24, 2.45) is 5.84 Å². The van der Waals surface area contributed by atoms with Gasteiger partial charge in [0.1, 0.15) is 5.69 Å². The summed E-state index contributed by atoms with van der Waals surface area (Å²) in [7, 11) is 0. The monoisotopic (exact) mass is 236 g/mol. The smallest absolute Gasteiger partial charge is 0.270 e. The van der Waals surface area contributed by atoms with Crippen molar-refractivity contribution in [3.63, 3.8) is 0 Å². The first kappa shape index (κ1) is 11.8. The number of rotatable bonds is 3. The van der Waals surface area contributed by atoms with Crippen LogP contribution in [0.1, 0.15) is 23.3 Å². The molecule has 1 aliphatic heterocycles. The molecule has 2 heterocycles. The van der Waals surface area contributed by atoms with Crippen LogP contribution in [0.2, 0.25) is 0 Å². The van der Waals surface area contributed by atoms with E-state index in [9.17, 15) is 4.79 Å². The van der Waals surface area contributed by atoms with Gasteiger partial charge in [0.15, 0.2) is 0 Å². The standard InChI is InChI=1S/C11H16N4O2/c12-15-9-1-2-10(13-7-9)11(16)14-8-3-5-17-6-4-8/h1-2,7-8,15H,3-6,12H2,(H,14,16). The molecule has 1 aromatic rings. The molecule has 1 fully saturated rings. The lowest BCUT2D eigenvalue weighted by Crippen LogP contribution is -2.39. The zero-order valence-corrected chi connectivity index (χ0v) is 9.48. The number of nitrogens with two attached hydrogens (primary N) is 1. The second kappa shape index (κ2) is 5.60. The van der Waals surface area contributed by atoms with Crippen molar-refractivity contribution in [2.75, 3.05) is 18.6 Å². The summed E-state index contributed by atoms with van der Waals surface area (Å²) < 4.78 is 5.23. The molecule has 6 heteroatoms. The summed E-state index contributed by atoms with van der Waals surface area (Å²) in [5, 5.41) is 2.94. The van der Waals surface area contributed by atoms with E-state index in [2.05, 4.69) is 15.7 Å². The molecule has 1 amide bonds. The number of nitrogen functional groups attached to an aromatic ring is 1. The van der Waals surface area contributed by atoms with Crippen molar-refractivity contribution >= 4 is 11.6 Å². The Bertz CT molecular complexity index is 374. The summed E-state index contributed by atoms with van der Waals surface area (Å²) >= 11 is 0. The third kappa shape index (κ3) is 3.15. The molecule has 1 saturated heterocycles. The number of carbonyl (C=O) groups is 1. The molecular weight excluding hydrogens is 220 g/mol. The van der Waals surface area contributed by atoms with E-state index in [4.69, 9.17) is 10.6 Å². The Kier molecular flexibility index (Phi) is 3.89. The SMILES string of the molecule is NNc1ccc(C(=O)NC2CCOCC2)nc1. The molecule has 4 N–H and O–H groups in total. The molecule has 92 valence electrons. The molecule has 0 atom stereocenters. The zero-order valence-electron chi connectivity index (χ0n) is 9.48. The number of anilines is 1. The summed E-state index contributed by atoms with van der Waals surface area (Å²) in [5.74, 6) is 5.07. The van der Waals surface area contributed by atoms with Crippen molar-refractivity contribution in [3.05, 3.63) is 24.0 Å². The number of aromatic nitrogens is 1. The molecule has 0 aliphatic carbocycles. The van der Waals surface area contributed by atoms with Gasteiger partial charge in [0.25, 0.3) is 5.91 Å². The Morgan fingerprint density at radius 3 is 2.76 bits per heavy atom. The summed E-state index contributed by atoms with van der Waals surface area (Å²) in [6.07, 6.45) is 3.24. The average molecular weight is 236 g/mol. The largest absolute Gasteiger partial charge is 0.381 e. The number of hydrogen-bond donors (Lipinski definition) is 3. The van der Waals surface area contributed by atoms with E-state index in [1.54, 1.807) is 12.1 Å². The molecule has 0 aromatic carbocycles. The summed E-state index contributed by atoms with van der Waals surface area (Å²) in [6, 6.07) is 3.54. The predicted octanol–water partition coefficient (Wildman–Crippen LogP) is 0.276. The molecule has 6 nitrogen and oxygen atoms in total. The topological polar surface area (TPSA) is 89.3 Å². The fourth-order valence-electron chi connectivity index (χ4n) is 1.71.